The molecule has 1 aliphatic carbocycles. The van der Waals surface area contributed by atoms with Crippen LogP contribution < -0.4 is 5.32 Å². The van der Waals surface area contributed by atoms with E-state index in [2.05, 4.69) is 44.3 Å². The van der Waals surface area contributed by atoms with E-state index < -0.39 is 0 Å². The second-order valence-electron chi connectivity index (χ2n) is 6.09. The van der Waals surface area contributed by atoms with Crippen molar-refractivity contribution in [3.05, 3.63) is 34.9 Å². The number of benzene rings is 1. The molecule has 0 aliphatic heterocycles. The Morgan fingerprint density at radius 2 is 1.95 bits per heavy atom. The van der Waals surface area contributed by atoms with Crippen LogP contribution in [-0.2, 0) is 0 Å². The van der Waals surface area contributed by atoms with Gasteiger partial charge in [-0.05, 0) is 48.8 Å². The van der Waals surface area contributed by atoms with Crippen LogP contribution in [-0.4, -0.2) is 6.04 Å². The van der Waals surface area contributed by atoms with Crippen LogP contribution in [0.25, 0.3) is 0 Å². The molecule has 106 valence electrons. The fourth-order valence-corrected chi connectivity index (χ4v) is 3.61. The van der Waals surface area contributed by atoms with Crippen LogP contribution in [0.1, 0.15) is 58.1 Å². The zero-order chi connectivity index (χ0) is 13.8. The maximum Gasteiger partial charge on any atom is 0.0409 e. The molecule has 0 radical (unpaired) electrons. The lowest BCUT2D eigenvalue weighted by molar-refractivity contribution is 0.191. The zero-order valence-electron chi connectivity index (χ0n) is 12.3. The van der Waals surface area contributed by atoms with Gasteiger partial charge in [0, 0.05) is 17.1 Å². The van der Waals surface area contributed by atoms with E-state index in [9.17, 15) is 0 Å². The van der Waals surface area contributed by atoms with Gasteiger partial charge in [-0.2, -0.15) is 0 Å². The normalized spacial score (nSPS) is 29.2. The number of halogens is 1. The Kier molecular flexibility index (Phi) is 5.29. The summed E-state index contributed by atoms with van der Waals surface area (Å²) >= 11 is 6.12. The van der Waals surface area contributed by atoms with E-state index in [1.165, 1.54) is 24.8 Å². The van der Waals surface area contributed by atoms with E-state index in [-0.39, 0.29) is 0 Å². The topological polar surface area (TPSA) is 12.0 Å². The van der Waals surface area contributed by atoms with Crippen LogP contribution in [0.5, 0.6) is 0 Å². The zero-order valence-corrected chi connectivity index (χ0v) is 13.1. The molecule has 1 saturated carbocycles. The molecule has 1 aliphatic rings. The Morgan fingerprint density at radius 1 is 1.26 bits per heavy atom. The first-order valence-corrected chi connectivity index (χ1v) is 8.01. The van der Waals surface area contributed by atoms with Crippen molar-refractivity contribution in [1.82, 2.24) is 5.32 Å². The number of hydrogen-bond acceptors (Lipinski definition) is 1. The number of rotatable bonds is 4. The van der Waals surface area contributed by atoms with Gasteiger partial charge in [0.05, 0.1) is 0 Å². The van der Waals surface area contributed by atoms with E-state index in [0.717, 1.165) is 23.3 Å². The van der Waals surface area contributed by atoms with Gasteiger partial charge in [0.25, 0.3) is 0 Å². The van der Waals surface area contributed by atoms with Gasteiger partial charge in [0.2, 0.25) is 0 Å². The summed E-state index contributed by atoms with van der Waals surface area (Å²) in [5.74, 6) is 1.55. The fraction of sp³-hybridized carbons (Fsp3) is 0.647. The van der Waals surface area contributed by atoms with Gasteiger partial charge >= 0.3 is 0 Å². The summed E-state index contributed by atoms with van der Waals surface area (Å²) < 4.78 is 0. The molecule has 0 amide bonds. The summed E-state index contributed by atoms with van der Waals surface area (Å²) in [6, 6.07) is 9.34. The molecule has 2 rings (SSSR count). The van der Waals surface area contributed by atoms with Gasteiger partial charge in [-0.15, -0.1) is 0 Å². The summed E-state index contributed by atoms with van der Waals surface area (Å²) in [7, 11) is 0. The third-order valence-corrected chi connectivity index (χ3v) is 4.83. The monoisotopic (exact) mass is 279 g/mol. The molecular weight excluding hydrogens is 254 g/mol. The fourth-order valence-electron chi connectivity index (χ4n) is 3.42. The molecule has 1 N–H and O–H groups in total. The molecular formula is C17H26ClN. The third kappa shape index (κ3) is 3.73. The van der Waals surface area contributed by atoms with Crippen molar-refractivity contribution in [2.75, 3.05) is 0 Å². The lowest BCUT2D eigenvalue weighted by Crippen LogP contribution is -2.44. The summed E-state index contributed by atoms with van der Waals surface area (Å²) in [6.45, 7) is 7.02. The quantitative estimate of drug-likeness (QED) is 0.798. The molecule has 3 unspecified atom stereocenters. The summed E-state index contributed by atoms with van der Waals surface area (Å²) in [6.07, 6.45) is 5.20. The lowest BCUT2D eigenvalue weighted by Gasteiger charge is -2.38. The van der Waals surface area contributed by atoms with E-state index in [1.54, 1.807) is 0 Å². The maximum absolute atomic E-state index is 6.12. The predicted octanol–water partition coefficient (Wildman–Crippen LogP) is 5.21. The molecule has 0 spiro atoms. The van der Waals surface area contributed by atoms with Crippen LogP contribution in [0.15, 0.2) is 24.3 Å². The highest BCUT2D eigenvalue weighted by Crippen LogP contribution is 2.31. The summed E-state index contributed by atoms with van der Waals surface area (Å²) in [5.41, 5.74) is 1.32. The van der Waals surface area contributed by atoms with E-state index in [4.69, 9.17) is 11.6 Å². The molecule has 3 atom stereocenters. The first kappa shape index (κ1) is 14.9. The first-order valence-electron chi connectivity index (χ1n) is 7.63. The minimum absolute atomic E-state index is 0.423. The average molecular weight is 280 g/mol. The molecule has 1 nitrogen and oxygen atoms in total. The molecule has 0 aromatic heterocycles. The highest BCUT2D eigenvalue weighted by molar-refractivity contribution is 6.30. The van der Waals surface area contributed by atoms with Gasteiger partial charge in [-0.25, -0.2) is 0 Å². The highest BCUT2D eigenvalue weighted by Gasteiger charge is 2.29. The van der Waals surface area contributed by atoms with E-state index >= 15 is 0 Å². The molecule has 1 aromatic carbocycles. The number of nitrogens with one attached hydrogen (secondary N) is 1. The van der Waals surface area contributed by atoms with Crippen molar-refractivity contribution in [3.8, 4) is 0 Å². The predicted molar refractivity (Wildman–Crippen MR) is 83.6 cm³/mol. The molecule has 2 heteroatoms. The standard InChI is InChI=1S/C17H26ClN/c1-4-16(14-9-6-10-15(18)11-14)19-17-12(2)7-5-8-13(17)3/h6,9-13,16-17,19H,4-5,7-8H2,1-3H3. The Bertz CT molecular complexity index is 394. The Hall–Kier alpha value is -0.530. The van der Waals surface area contributed by atoms with Gasteiger partial charge in [0.1, 0.15) is 0 Å². The van der Waals surface area contributed by atoms with Gasteiger partial charge in [0.15, 0.2) is 0 Å². The molecule has 0 saturated heterocycles. The Labute approximate surface area is 122 Å². The second kappa shape index (κ2) is 6.76. The van der Waals surface area contributed by atoms with Crippen LogP contribution in [0.3, 0.4) is 0 Å². The Balaban J connectivity index is 2.10. The average Bonchev–Trinajstić information content (AvgIpc) is 2.38. The van der Waals surface area contributed by atoms with Crippen molar-refractivity contribution < 1.29 is 0 Å². The minimum Gasteiger partial charge on any atom is -0.307 e. The number of hydrogen-bond donors (Lipinski definition) is 1. The summed E-state index contributed by atoms with van der Waals surface area (Å²) in [4.78, 5) is 0. The van der Waals surface area contributed by atoms with Crippen LogP contribution in [0, 0.1) is 11.8 Å². The first-order chi connectivity index (χ1) is 9.11. The molecule has 1 fully saturated rings. The summed E-state index contributed by atoms with van der Waals surface area (Å²) in [5, 5.41) is 4.73. The highest BCUT2D eigenvalue weighted by atomic mass is 35.5. The van der Waals surface area contributed by atoms with Crippen molar-refractivity contribution in [3.63, 3.8) is 0 Å². The van der Waals surface area contributed by atoms with Crippen LogP contribution in [0.4, 0.5) is 0 Å². The van der Waals surface area contributed by atoms with Crippen LogP contribution in [0.2, 0.25) is 5.02 Å². The van der Waals surface area contributed by atoms with Crippen molar-refractivity contribution in [2.45, 2.75) is 58.5 Å². The van der Waals surface area contributed by atoms with Crippen LogP contribution >= 0.6 is 11.6 Å². The third-order valence-electron chi connectivity index (χ3n) is 4.60. The molecule has 1 aromatic rings. The molecule has 0 heterocycles. The SMILES string of the molecule is CCC(NC1C(C)CCCC1C)c1cccc(Cl)c1. The molecule has 0 bridgehead atoms. The molecule has 19 heavy (non-hydrogen) atoms. The van der Waals surface area contributed by atoms with Gasteiger partial charge in [-0.1, -0.05) is 50.9 Å². The van der Waals surface area contributed by atoms with E-state index in [0.29, 0.717) is 12.1 Å². The lowest BCUT2D eigenvalue weighted by atomic mass is 9.78. The Morgan fingerprint density at radius 3 is 2.53 bits per heavy atom. The maximum atomic E-state index is 6.12. The minimum atomic E-state index is 0.423. The van der Waals surface area contributed by atoms with Crippen molar-refractivity contribution in [1.29, 1.82) is 0 Å². The van der Waals surface area contributed by atoms with Crippen molar-refractivity contribution >= 4 is 11.6 Å². The largest absolute Gasteiger partial charge is 0.307 e. The van der Waals surface area contributed by atoms with Gasteiger partial charge < -0.3 is 5.32 Å². The van der Waals surface area contributed by atoms with E-state index in [1.807, 2.05) is 6.07 Å². The smallest absolute Gasteiger partial charge is 0.0409 e. The van der Waals surface area contributed by atoms with Gasteiger partial charge in [-0.3, -0.25) is 0 Å². The second-order valence-corrected chi connectivity index (χ2v) is 6.53. The van der Waals surface area contributed by atoms with Crippen molar-refractivity contribution in [2.24, 2.45) is 11.8 Å².